The minimum absolute atomic E-state index is 0.0617. The second-order valence-electron chi connectivity index (χ2n) is 6.85. The quantitative estimate of drug-likeness (QED) is 0.799. The van der Waals surface area contributed by atoms with Gasteiger partial charge in [-0.2, -0.15) is 4.31 Å². The summed E-state index contributed by atoms with van der Waals surface area (Å²) in [6, 6.07) is 11.0. The van der Waals surface area contributed by atoms with Crippen LogP contribution in [0.4, 0.5) is 5.69 Å². The van der Waals surface area contributed by atoms with E-state index in [0.29, 0.717) is 29.4 Å². The molecule has 154 valence electrons. The summed E-state index contributed by atoms with van der Waals surface area (Å²) in [5, 5.41) is 3.38. The number of benzene rings is 2. The van der Waals surface area contributed by atoms with Crippen molar-refractivity contribution >= 4 is 39.1 Å². The third-order valence-corrected chi connectivity index (χ3v) is 7.02. The van der Waals surface area contributed by atoms with Crippen LogP contribution < -0.4 is 5.32 Å². The molecule has 29 heavy (non-hydrogen) atoms. The fraction of sp³-hybridized carbons (Fsp3) is 0.300. The van der Waals surface area contributed by atoms with Crippen LogP contribution in [0.3, 0.4) is 0 Å². The third-order valence-electron chi connectivity index (χ3n) is 4.87. The van der Waals surface area contributed by atoms with E-state index in [9.17, 15) is 18.0 Å². The predicted molar refractivity (Wildman–Crippen MR) is 112 cm³/mol. The molecule has 1 aliphatic rings. The Labute approximate surface area is 175 Å². The van der Waals surface area contributed by atoms with E-state index in [1.807, 2.05) is 6.92 Å². The maximum atomic E-state index is 12.8. The number of anilines is 1. The molecular formula is C20H22ClN3O4S. The zero-order valence-corrected chi connectivity index (χ0v) is 17.8. The molecule has 0 radical (unpaired) electrons. The van der Waals surface area contributed by atoms with Crippen molar-refractivity contribution in [2.24, 2.45) is 0 Å². The average molecular weight is 436 g/mol. The number of hydrogen-bond acceptors (Lipinski definition) is 4. The Hall–Kier alpha value is -2.42. The van der Waals surface area contributed by atoms with E-state index in [1.54, 1.807) is 23.1 Å². The van der Waals surface area contributed by atoms with Crippen LogP contribution in [0, 0.1) is 6.92 Å². The van der Waals surface area contributed by atoms with Crippen molar-refractivity contribution in [1.29, 1.82) is 0 Å². The number of sulfonamides is 1. The van der Waals surface area contributed by atoms with Crippen LogP contribution in [0.2, 0.25) is 5.02 Å². The lowest BCUT2D eigenvalue weighted by molar-refractivity contribution is -0.129. The maximum absolute atomic E-state index is 12.8. The number of hydrogen-bond donors (Lipinski definition) is 1. The van der Waals surface area contributed by atoms with Crippen LogP contribution in [0.5, 0.6) is 0 Å². The minimum Gasteiger partial charge on any atom is -0.340 e. The molecule has 1 saturated heterocycles. The van der Waals surface area contributed by atoms with Crippen molar-refractivity contribution in [2.75, 3.05) is 31.5 Å². The molecular weight excluding hydrogens is 414 g/mol. The fourth-order valence-corrected chi connectivity index (χ4v) is 4.78. The molecule has 0 unspecified atom stereocenters. The molecule has 1 fully saturated rings. The average Bonchev–Trinajstić information content (AvgIpc) is 2.70. The van der Waals surface area contributed by atoms with E-state index in [1.165, 1.54) is 35.5 Å². The van der Waals surface area contributed by atoms with Gasteiger partial charge in [-0.1, -0.05) is 11.6 Å². The molecule has 7 nitrogen and oxygen atoms in total. The van der Waals surface area contributed by atoms with E-state index in [4.69, 9.17) is 11.6 Å². The van der Waals surface area contributed by atoms with Crippen molar-refractivity contribution in [2.45, 2.75) is 18.7 Å². The van der Waals surface area contributed by atoms with Gasteiger partial charge in [0.25, 0.3) is 5.91 Å². The summed E-state index contributed by atoms with van der Waals surface area (Å²) in [7, 11) is -3.67. The molecule has 0 aromatic heterocycles. The number of halogens is 1. The molecule has 0 atom stereocenters. The molecule has 0 spiro atoms. The largest absolute Gasteiger partial charge is 0.340 e. The van der Waals surface area contributed by atoms with Crippen LogP contribution in [0.1, 0.15) is 22.8 Å². The standard InChI is InChI=1S/C20H22ClN3O4S/c1-14-13-17(21)5-8-19(14)22-20(26)16-3-6-18(7-4-16)29(27,28)24-11-9-23(10-12-24)15(2)25/h3-8,13H,9-12H2,1-2H3,(H,22,26). The van der Waals surface area contributed by atoms with Crippen molar-refractivity contribution in [3.63, 3.8) is 0 Å². The molecule has 0 bridgehead atoms. The van der Waals surface area contributed by atoms with Gasteiger partial charge in [0.15, 0.2) is 0 Å². The molecule has 9 heteroatoms. The normalized spacial score (nSPS) is 15.2. The number of nitrogens with one attached hydrogen (secondary N) is 1. The Kier molecular flexibility index (Phi) is 6.26. The Balaban J connectivity index is 1.70. The van der Waals surface area contributed by atoms with E-state index in [2.05, 4.69) is 5.32 Å². The van der Waals surface area contributed by atoms with Crippen LogP contribution in [0.15, 0.2) is 47.4 Å². The van der Waals surface area contributed by atoms with Crippen molar-refractivity contribution in [3.8, 4) is 0 Å². The summed E-state index contributed by atoms with van der Waals surface area (Å²) >= 11 is 5.93. The molecule has 2 aromatic carbocycles. The summed E-state index contributed by atoms with van der Waals surface area (Å²) < 4.78 is 27.0. The molecule has 3 rings (SSSR count). The Morgan fingerprint density at radius 3 is 2.17 bits per heavy atom. The first-order valence-electron chi connectivity index (χ1n) is 9.12. The van der Waals surface area contributed by atoms with E-state index in [0.717, 1.165) is 5.56 Å². The smallest absolute Gasteiger partial charge is 0.255 e. The van der Waals surface area contributed by atoms with E-state index >= 15 is 0 Å². The number of piperazine rings is 1. The van der Waals surface area contributed by atoms with Gasteiger partial charge >= 0.3 is 0 Å². The van der Waals surface area contributed by atoms with Crippen LogP contribution in [-0.4, -0.2) is 55.6 Å². The topological polar surface area (TPSA) is 86.8 Å². The van der Waals surface area contributed by atoms with Crippen molar-refractivity contribution in [1.82, 2.24) is 9.21 Å². The fourth-order valence-electron chi connectivity index (χ4n) is 3.13. The molecule has 1 N–H and O–H groups in total. The second kappa shape index (κ2) is 8.52. The Morgan fingerprint density at radius 1 is 1.00 bits per heavy atom. The lowest BCUT2D eigenvalue weighted by atomic mass is 10.1. The lowest BCUT2D eigenvalue weighted by Crippen LogP contribution is -2.49. The highest BCUT2D eigenvalue weighted by Crippen LogP contribution is 2.22. The van der Waals surface area contributed by atoms with Crippen LogP contribution in [0.25, 0.3) is 0 Å². The highest BCUT2D eigenvalue weighted by atomic mass is 35.5. The predicted octanol–water partition coefficient (Wildman–Crippen LogP) is 2.75. The number of rotatable bonds is 4. The van der Waals surface area contributed by atoms with Crippen molar-refractivity contribution in [3.05, 3.63) is 58.6 Å². The SMILES string of the molecule is CC(=O)N1CCN(S(=O)(=O)c2ccc(C(=O)Nc3ccc(Cl)cc3C)cc2)CC1. The molecule has 0 saturated carbocycles. The van der Waals surface area contributed by atoms with Gasteiger partial charge in [0.1, 0.15) is 0 Å². The number of amides is 2. The summed E-state index contributed by atoms with van der Waals surface area (Å²) in [5.41, 5.74) is 1.81. The van der Waals surface area contributed by atoms with E-state index < -0.39 is 10.0 Å². The molecule has 1 heterocycles. The summed E-state index contributed by atoms with van der Waals surface area (Å²) in [6.45, 7) is 4.55. The Morgan fingerprint density at radius 2 is 1.62 bits per heavy atom. The first-order valence-corrected chi connectivity index (χ1v) is 10.9. The first kappa shape index (κ1) is 21.3. The van der Waals surface area contributed by atoms with Gasteiger partial charge in [-0.25, -0.2) is 8.42 Å². The highest BCUT2D eigenvalue weighted by molar-refractivity contribution is 7.89. The Bertz CT molecular complexity index is 1030. The second-order valence-corrected chi connectivity index (χ2v) is 9.22. The third kappa shape index (κ3) is 4.77. The number of carbonyl (C=O) groups excluding carboxylic acids is 2. The number of nitrogens with zero attached hydrogens (tertiary/aromatic N) is 2. The molecule has 2 amide bonds. The highest BCUT2D eigenvalue weighted by Gasteiger charge is 2.29. The summed E-state index contributed by atoms with van der Waals surface area (Å²) in [5.74, 6) is -0.400. The van der Waals surface area contributed by atoms with Crippen LogP contribution >= 0.6 is 11.6 Å². The molecule has 1 aliphatic heterocycles. The maximum Gasteiger partial charge on any atom is 0.255 e. The van der Waals surface area contributed by atoms with E-state index in [-0.39, 0.29) is 29.8 Å². The first-order chi connectivity index (χ1) is 13.7. The van der Waals surface area contributed by atoms with Gasteiger partial charge in [-0.05, 0) is 55.0 Å². The zero-order chi connectivity index (χ0) is 21.2. The van der Waals surface area contributed by atoms with Gasteiger partial charge in [0.2, 0.25) is 15.9 Å². The number of carbonyl (C=O) groups is 2. The monoisotopic (exact) mass is 435 g/mol. The number of aryl methyl sites for hydroxylation is 1. The summed E-state index contributed by atoms with van der Waals surface area (Å²) in [4.78, 5) is 25.6. The lowest BCUT2D eigenvalue weighted by Gasteiger charge is -2.33. The van der Waals surface area contributed by atoms with Crippen LogP contribution in [-0.2, 0) is 14.8 Å². The van der Waals surface area contributed by atoms with Gasteiger partial charge < -0.3 is 10.2 Å². The minimum atomic E-state index is -3.67. The van der Waals surface area contributed by atoms with Gasteiger partial charge in [0.05, 0.1) is 4.90 Å². The van der Waals surface area contributed by atoms with Gasteiger partial charge in [-0.3, -0.25) is 9.59 Å². The van der Waals surface area contributed by atoms with Crippen molar-refractivity contribution < 1.29 is 18.0 Å². The van der Waals surface area contributed by atoms with Gasteiger partial charge in [0, 0.05) is 49.4 Å². The summed E-state index contributed by atoms with van der Waals surface area (Å²) in [6.07, 6.45) is 0. The zero-order valence-electron chi connectivity index (χ0n) is 16.2. The van der Waals surface area contributed by atoms with Gasteiger partial charge in [-0.15, -0.1) is 0 Å². The molecule has 2 aromatic rings. The molecule has 0 aliphatic carbocycles.